The maximum absolute atomic E-state index is 6.28. The van der Waals surface area contributed by atoms with Gasteiger partial charge < -0.3 is 4.74 Å². The first-order valence-corrected chi connectivity index (χ1v) is 6.90. The van der Waals surface area contributed by atoms with Crippen LogP contribution in [-0.4, -0.2) is 11.5 Å². The first-order chi connectivity index (χ1) is 8.06. The van der Waals surface area contributed by atoms with Crippen LogP contribution in [0.2, 0.25) is 0 Å². The molecule has 0 bridgehead atoms. The lowest BCUT2D eigenvalue weighted by Gasteiger charge is -2.16. The van der Waals surface area contributed by atoms with Crippen LogP contribution in [0.3, 0.4) is 0 Å². The fraction of sp³-hybridized carbons (Fsp3) is 0.600. The van der Waals surface area contributed by atoms with Gasteiger partial charge in [0.15, 0.2) is 0 Å². The van der Waals surface area contributed by atoms with Crippen molar-refractivity contribution in [3.05, 3.63) is 29.3 Å². The van der Waals surface area contributed by atoms with E-state index in [0.717, 1.165) is 25.0 Å². The zero-order valence-electron chi connectivity index (χ0n) is 10.9. The van der Waals surface area contributed by atoms with Crippen LogP contribution in [0, 0.1) is 12.8 Å². The third-order valence-corrected chi connectivity index (χ3v) is 4.17. The highest BCUT2D eigenvalue weighted by atomic mass is 35.5. The Hall–Kier alpha value is -0.690. The molecule has 0 radical (unpaired) electrons. The number of ether oxygens (including phenoxy) is 1. The van der Waals surface area contributed by atoms with Gasteiger partial charge in [-0.25, -0.2) is 0 Å². The summed E-state index contributed by atoms with van der Waals surface area (Å²) in [7, 11) is 0. The van der Waals surface area contributed by atoms with Gasteiger partial charge in [-0.2, -0.15) is 0 Å². The first-order valence-electron chi connectivity index (χ1n) is 6.46. The van der Waals surface area contributed by atoms with E-state index < -0.39 is 0 Å². The van der Waals surface area contributed by atoms with Gasteiger partial charge in [0, 0.05) is 11.8 Å². The summed E-state index contributed by atoms with van der Waals surface area (Å²) in [6.07, 6.45) is 3.46. The molecule has 0 N–H and O–H groups in total. The number of aryl methyl sites for hydroxylation is 1. The molecule has 94 valence electrons. The van der Waals surface area contributed by atoms with Crippen LogP contribution in [-0.2, 0) is 6.42 Å². The van der Waals surface area contributed by atoms with Crippen LogP contribution in [0.1, 0.15) is 37.8 Å². The summed E-state index contributed by atoms with van der Waals surface area (Å²) >= 11 is 6.28. The SMILES string of the molecule is Cc1ccc2c(c1)CC(CCC(Cl)C(C)C)O2. The Kier molecular flexibility index (Phi) is 3.98. The topological polar surface area (TPSA) is 9.23 Å². The molecule has 0 saturated heterocycles. The summed E-state index contributed by atoms with van der Waals surface area (Å²) in [6.45, 7) is 6.47. The van der Waals surface area contributed by atoms with Crippen molar-refractivity contribution in [2.24, 2.45) is 5.92 Å². The minimum Gasteiger partial charge on any atom is -0.490 e. The number of benzene rings is 1. The molecule has 0 amide bonds. The van der Waals surface area contributed by atoms with E-state index in [0.29, 0.717) is 12.0 Å². The van der Waals surface area contributed by atoms with E-state index in [1.165, 1.54) is 11.1 Å². The van der Waals surface area contributed by atoms with Gasteiger partial charge >= 0.3 is 0 Å². The fourth-order valence-corrected chi connectivity index (χ4v) is 2.41. The van der Waals surface area contributed by atoms with E-state index in [1.54, 1.807) is 0 Å². The van der Waals surface area contributed by atoms with Crippen LogP contribution in [0.25, 0.3) is 0 Å². The van der Waals surface area contributed by atoms with Gasteiger partial charge in [-0.3, -0.25) is 0 Å². The maximum atomic E-state index is 6.28. The predicted molar refractivity (Wildman–Crippen MR) is 73.0 cm³/mol. The molecular formula is C15H21ClO. The molecule has 17 heavy (non-hydrogen) atoms. The van der Waals surface area contributed by atoms with Gasteiger partial charge in [0.25, 0.3) is 0 Å². The Morgan fingerprint density at radius 3 is 2.88 bits per heavy atom. The molecule has 1 aromatic carbocycles. The zero-order chi connectivity index (χ0) is 12.4. The van der Waals surface area contributed by atoms with Crippen molar-refractivity contribution in [1.82, 2.24) is 0 Å². The van der Waals surface area contributed by atoms with Gasteiger partial charge in [-0.1, -0.05) is 31.5 Å². The number of fused-ring (bicyclic) bond motifs is 1. The van der Waals surface area contributed by atoms with Gasteiger partial charge in [0.05, 0.1) is 0 Å². The van der Waals surface area contributed by atoms with Gasteiger partial charge in [0.1, 0.15) is 11.9 Å². The van der Waals surface area contributed by atoms with Crippen molar-refractivity contribution in [3.8, 4) is 5.75 Å². The third-order valence-electron chi connectivity index (χ3n) is 3.45. The predicted octanol–water partition coefficient (Wildman–Crippen LogP) is 4.34. The van der Waals surface area contributed by atoms with E-state index in [1.807, 2.05) is 0 Å². The van der Waals surface area contributed by atoms with E-state index in [4.69, 9.17) is 16.3 Å². The van der Waals surface area contributed by atoms with Crippen LogP contribution in [0.4, 0.5) is 0 Å². The van der Waals surface area contributed by atoms with Crippen molar-refractivity contribution < 1.29 is 4.74 Å². The summed E-state index contributed by atoms with van der Waals surface area (Å²) in [4.78, 5) is 0. The molecule has 2 heteroatoms. The molecule has 1 aliphatic heterocycles. The third kappa shape index (κ3) is 3.16. The lowest BCUT2D eigenvalue weighted by Crippen LogP contribution is -2.17. The van der Waals surface area contributed by atoms with Crippen molar-refractivity contribution >= 4 is 11.6 Å². The number of halogens is 1. The average molecular weight is 253 g/mol. The molecule has 0 aliphatic carbocycles. The molecule has 1 aliphatic rings. The zero-order valence-corrected chi connectivity index (χ0v) is 11.6. The fourth-order valence-electron chi connectivity index (χ4n) is 2.29. The highest BCUT2D eigenvalue weighted by Gasteiger charge is 2.23. The number of hydrogen-bond acceptors (Lipinski definition) is 1. The molecular weight excluding hydrogens is 232 g/mol. The summed E-state index contributed by atoms with van der Waals surface area (Å²) in [5.74, 6) is 1.61. The lowest BCUT2D eigenvalue weighted by atomic mass is 10.0. The normalized spacial score (nSPS) is 20.2. The highest BCUT2D eigenvalue weighted by Crippen LogP contribution is 2.32. The van der Waals surface area contributed by atoms with Crippen molar-refractivity contribution in [3.63, 3.8) is 0 Å². The molecule has 0 saturated carbocycles. The van der Waals surface area contributed by atoms with E-state index in [2.05, 4.69) is 39.0 Å². The molecule has 0 aromatic heterocycles. The summed E-state index contributed by atoms with van der Waals surface area (Å²) in [5, 5.41) is 0.268. The van der Waals surface area contributed by atoms with E-state index >= 15 is 0 Å². The minimum atomic E-state index is 0.268. The van der Waals surface area contributed by atoms with Crippen LogP contribution < -0.4 is 4.74 Å². The van der Waals surface area contributed by atoms with Crippen LogP contribution in [0.15, 0.2) is 18.2 Å². The molecule has 2 atom stereocenters. The summed E-state index contributed by atoms with van der Waals surface area (Å²) in [6, 6.07) is 6.43. The Bertz CT molecular complexity index is 387. The molecule has 0 fully saturated rings. The van der Waals surface area contributed by atoms with Crippen molar-refractivity contribution in [2.45, 2.75) is 51.5 Å². The van der Waals surface area contributed by atoms with E-state index in [9.17, 15) is 0 Å². The molecule has 1 aromatic rings. The molecule has 0 spiro atoms. The first kappa shape index (κ1) is 12.8. The van der Waals surface area contributed by atoms with Crippen LogP contribution >= 0.6 is 11.6 Å². The lowest BCUT2D eigenvalue weighted by molar-refractivity contribution is 0.215. The standard InChI is InChI=1S/C15H21ClO/c1-10(2)14(16)6-5-13-9-12-8-11(3)4-7-15(12)17-13/h4,7-8,10,13-14H,5-6,9H2,1-3H3. The van der Waals surface area contributed by atoms with Gasteiger partial charge in [0.2, 0.25) is 0 Å². The smallest absolute Gasteiger partial charge is 0.123 e. The van der Waals surface area contributed by atoms with Gasteiger partial charge in [-0.15, -0.1) is 11.6 Å². The number of rotatable bonds is 4. The van der Waals surface area contributed by atoms with Crippen LogP contribution in [0.5, 0.6) is 5.75 Å². The molecule has 2 unspecified atom stereocenters. The monoisotopic (exact) mass is 252 g/mol. The van der Waals surface area contributed by atoms with Gasteiger partial charge in [-0.05, 0) is 37.3 Å². The van der Waals surface area contributed by atoms with E-state index in [-0.39, 0.29) is 5.38 Å². The molecule has 1 heterocycles. The second kappa shape index (κ2) is 5.30. The Morgan fingerprint density at radius 1 is 1.41 bits per heavy atom. The largest absolute Gasteiger partial charge is 0.490 e. The Morgan fingerprint density at radius 2 is 2.18 bits per heavy atom. The van der Waals surface area contributed by atoms with Crippen molar-refractivity contribution in [1.29, 1.82) is 0 Å². The number of alkyl halides is 1. The maximum Gasteiger partial charge on any atom is 0.123 e. The molecule has 1 nitrogen and oxygen atoms in total. The Labute approximate surface area is 109 Å². The van der Waals surface area contributed by atoms with Crippen molar-refractivity contribution in [2.75, 3.05) is 0 Å². The molecule has 2 rings (SSSR count). The quantitative estimate of drug-likeness (QED) is 0.725. The number of hydrogen-bond donors (Lipinski definition) is 0. The average Bonchev–Trinajstić information content (AvgIpc) is 2.67. The minimum absolute atomic E-state index is 0.268. The summed E-state index contributed by atoms with van der Waals surface area (Å²) < 4.78 is 5.93. The second-order valence-corrected chi connectivity index (χ2v) is 5.95. The second-order valence-electron chi connectivity index (χ2n) is 5.39. The highest BCUT2D eigenvalue weighted by molar-refractivity contribution is 6.20. The Balaban J connectivity index is 1.88. The summed E-state index contributed by atoms with van der Waals surface area (Å²) in [5.41, 5.74) is 2.66.